The van der Waals surface area contributed by atoms with Crippen molar-refractivity contribution in [1.82, 2.24) is 15.1 Å². The van der Waals surface area contributed by atoms with Crippen molar-refractivity contribution in [3.05, 3.63) is 71.4 Å². The fourth-order valence-electron chi connectivity index (χ4n) is 3.77. The van der Waals surface area contributed by atoms with E-state index in [1.54, 1.807) is 0 Å². The third kappa shape index (κ3) is 4.86. The van der Waals surface area contributed by atoms with Crippen molar-refractivity contribution in [3.8, 4) is 16.9 Å². The number of aromatic nitrogens is 2. The molecule has 0 bridgehead atoms. The molecule has 0 radical (unpaired) electrons. The fraction of sp³-hybridized carbons (Fsp3) is 0.304. The molecular weight excluding hydrogens is 386 g/mol. The summed E-state index contributed by atoms with van der Waals surface area (Å²) >= 11 is 6.04. The van der Waals surface area contributed by atoms with Gasteiger partial charge in [-0.2, -0.15) is 5.10 Å². The zero-order valence-corrected chi connectivity index (χ0v) is 16.8. The average molecular weight is 410 g/mol. The number of carbonyl (C=O) groups is 1. The molecule has 5 nitrogen and oxygen atoms in total. The molecule has 2 aromatic carbocycles. The molecule has 0 saturated heterocycles. The molecule has 2 N–H and O–H groups in total. The van der Waals surface area contributed by atoms with Gasteiger partial charge >= 0.3 is 0 Å². The minimum Gasteiger partial charge on any atom is -0.393 e. The molecule has 6 heteroatoms. The van der Waals surface area contributed by atoms with E-state index in [0.29, 0.717) is 5.02 Å². The first kappa shape index (κ1) is 19.7. The summed E-state index contributed by atoms with van der Waals surface area (Å²) < 4.78 is 1.81. The fourth-order valence-corrected chi connectivity index (χ4v) is 3.90. The summed E-state index contributed by atoms with van der Waals surface area (Å²) in [6.45, 7) is 0. The smallest absolute Gasteiger partial charge is 0.224 e. The van der Waals surface area contributed by atoms with Crippen LogP contribution in [0.5, 0.6) is 0 Å². The first-order valence-electron chi connectivity index (χ1n) is 9.96. The molecule has 1 saturated carbocycles. The number of benzene rings is 2. The second kappa shape index (κ2) is 8.80. The lowest BCUT2D eigenvalue weighted by Crippen LogP contribution is -2.39. The molecule has 3 aromatic rings. The minimum absolute atomic E-state index is 0.0192. The molecule has 0 unspecified atom stereocenters. The van der Waals surface area contributed by atoms with Gasteiger partial charge in [-0.05, 0) is 49.9 Å². The van der Waals surface area contributed by atoms with Gasteiger partial charge in [-0.25, -0.2) is 4.68 Å². The lowest BCUT2D eigenvalue weighted by molar-refractivity contribution is -0.121. The van der Waals surface area contributed by atoms with E-state index >= 15 is 0 Å². The van der Waals surface area contributed by atoms with Gasteiger partial charge in [-0.1, -0.05) is 41.9 Å². The lowest BCUT2D eigenvalue weighted by atomic mass is 9.93. The van der Waals surface area contributed by atoms with Gasteiger partial charge in [0.05, 0.1) is 23.9 Å². The van der Waals surface area contributed by atoms with Crippen LogP contribution in [-0.2, 0) is 11.2 Å². The van der Waals surface area contributed by atoms with Gasteiger partial charge in [0, 0.05) is 28.4 Å². The first-order chi connectivity index (χ1) is 14.1. The van der Waals surface area contributed by atoms with Gasteiger partial charge < -0.3 is 10.4 Å². The van der Waals surface area contributed by atoms with Crippen LogP contribution >= 0.6 is 11.6 Å². The molecule has 1 fully saturated rings. The van der Waals surface area contributed by atoms with Crippen molar-refractivity contribution in [2.24, 2.45) is 0 Å². The summed E-state index contributed by atoms with van der Waals surface area (Å²) in [4.78, 5) is 12.7. The van der Waals surface area contributed by atoms with Crippen LogP contribution in [-0.4, -0.2) is 32.9 Å². The van der Waals surface area contributed by atoms with E-state index in [2.05, 4.69) is 5.32 Å². The van der Waals surface area contributed by atoms with Crippen molar-refractivity contribution >= 4 is 17.5 Å². The summed E-state index contributed by atoms with van der Waals surface area (Å²) in [5.41, 5.74) is 3.51. The van der Waals surface area contributed by atoms with Crippen molar-refractivity contribution in [2.45, 2.75) is 44.2 Å². The van der Waals surface area contributed by atoms with Gasteiger partial charge in [-0.15, -0.1) is 0 Å². The lowest BCUT2D eigenvalue weighted by Gasteiger charge is -2.26. The SMILES string of the molecule is O=C(Cc1cn(-c2ccccc2)nc1-c1ccc(Cl)cc1)NC1CCC(O)CC1. The Balaban J connectivity index is 1.58. The van der Waals surface area contributed by atoms with Crippen LogP contribution in [0.1, 0.15) is 31.2 Å². The summed E-state index contributed by atoms with van der Waals surface area (Å²) in [6.07, 6.45) is 5.07. The highest BCUT2D eigenvalue weighted by atomic mass is 35.5. The zero-order chi connectivity index (χ0) is 20.2. The number of hydrogen-bond donors (Lipinski definition) is 2. The maximum absolute atomic E-state index is 12.7. The van der Waals surface area contributed by atoms with Crippen LogP contribution in [0.15, 0.2) is 60.8 Å². The first-order valence-corrected chi connectivity index (χ1v) is 10.3. The van der Waals surface area contributed by atoms with E-state index in [4.69, 9.17) is 16.7 Å². The van der Waals surface area contributed by atoms with Crippen LogP contribution in [0.3, 0.4) is 0 Å². The summed E-state index contributed by atoms with van der Waals surface area (Å²) in [5.74, 6) is -0.0192. The Morgan fingerprint density at radius 1 is 1.07 bits per heavy atom. The van der Waals surface area contributed by atoms with E-state index in [0.717, 1.165) is 48.2 Å². The molecule has 1 heterocycles. The van der Waals surface area contributed by atoms with Gasteiger partial charge in [0.15, 0.2) is 0 Å². The Labute approximate surface area is 175 Å². The number of para-hydroxylation sites is 1. The normalized spacial score (nSPS) is 19.1. The topological polar surface area (TPSA) is 67.2 Å². The molecule has 1 amide bonds. The Morgan fingerprint density at radius 3 is 2.45 bits per heavy atom. The summed E-state index contributed by atoms with van der Waals surface area (Å²) in [6, 6.07) is 17.5. The number of amides is 1. The summed E-state index contributed by atoms with van der Waals surface area (Å²) in [5, 5.41) is 18.2. The Hall–Kier alpha value is -2.63. The monoisotopic (exact) mass is 409 g/mol. The van der Waals surface area contributed by atoms with Gasteiger partial charge in [0.2, 0.25) is 5.91 Å². The van der Waals surface area contributed by atoms with E-state index in [1.807, 2.05) is 65.5 Å². The highest BCUT2D eigenvalue weighted by Crippen LogP contribution is 2.26. The second-order valence-electron chi connectivity index (χ2n) is 7.54. The standard InChI is InChI=1S/C23H24ClN3O2/c24-18-8-6-16(7-9-18)23-17(15-27(26-23)20-4-2-1-3-5-20)14-22(29)25-19-10-12-21(28)13-11-19/h1-9,15,19,21,28H,10-14H2,(H,25,29). The van der Waals surface area contributed by atoms with Crippen LogP contribution < -0.4 is 5.32 Å². The third-order valence-electron chi connectivity index (χ3n) is 5.34. The highest BCUT2D eigenvalue weighted by molar-refractivity contribution is 6.30. The molecule has 29 heavy (non-hydrogen) atoms. The van der Waals surface area contributed by atoms with Crippen LogP contribution in [0.4, 0.5) is 0 Å². The van der Waals surface area contributed by atoms with Crippen molar-refractivity contribution in [1.29, 1.82) is 0 Å². The number of halogens is 1. The molecule has 150 valence electrons. The number of nitrogens with one attached hydrogen (secondary N) is 1. The zero-order valence-electron chi connectivity index (χ0n) is 16.1. The van der Waals surface area contributed by atoms with E-state index < -0.39 is 0 Å². The number of nitrogens with zero attached hydrogens (tertiary/aromatic N) is 2. The number of aliphatic hydroxyl groups excluding tert-OH is 1. The van der Waals surface area contributed by atoms with Crippen LogP contribution in [0.25, 0.3) is 16.9 Å². The minimum atomic E-state index is -0.233. The van der Waals surface area contributed by atoms with Crippen molar-refractivity contribution in [3.63, 3.8) is 0 Å². The van der Waals surface area contributed by atoms with E-state index in [9.17, 15) is 9.90 Å². The molecule has 0 aliphatic heterocycles. The Kier molecular flexibility index (Phi) is 5.97. The van der Waals surface area contributed by atoms with Gasteiger partial charge in [0.1, 0.15) is 0 Å². The van der Waals surface area contributed by atoms with E-state index in [1.165, 1.54) is 0 Å². The third-order valence-corrected chi connectivity index (χ3v) is 5.59. The van der Waals surface area contributed by atoms with Crippen molar-refractivity contribution < 1.29 is 9.90 Å². The number of hydrogen-bond acceptors (Lipinski definition) is 3. The number of carbonyl (C=O) groups excluding carboxylic acids is 1. The molecular formula is C23H24ClN3O2. The molecule has 4 rings (SSSR count). The van der Waals surface area contributed by atoms with Crippen molar-refractivity contribution in [2.75, 3.05) is 0 Å². The quantitative estimate of drug-likeness (QED) is 0.665. The molecule has 0 spiro atoms. The number of rotatable bonds is 5. The van der Waals surface area contributed by atoms with Crippen LogP contribution in [0.2, 0.25) is 5.02 Å². The Bertz CT molecular complexity index is 962. The maximum atomic E-state index is 12.7. The Morgan fingerprint density at radius 2 is 1.76 bits per heavy atom. The molecule has 1 aliphatic carbocycles. The van der Waals surface area contributed by atoms with Crippen LogP contribution in [0, 0.1) is 0 Å². The second-order valence-corrected chi connectivity index (χ2v) is 7.98. The molecule has 1 aromatic heterocycles. The molecule has 0 atom stereocenters. The van der Waals surface area contributed by atoms with Gasteiger partial charge in [0.25, 0.3) is 0 Å². The predicted octanol–water partition coefficient (Wildman–Crippen LogP) is 4.15. The maximum Gasteiger partial charge on any atom is 0.224 e. The molecule has 1 aliphatic rings. The largest absolute Gasteiger partial charge is 0.393 e. The highest BCUT2D eigenvalue weighted by Gasteiger charge is 2.22. The predicted molar refractivity (Wildman–Crippen MR) is 114 cm³/mol. The van der Waals surface area contributed by atoms with Gasteiger partial charge in [-0.3, -0.25) is 4.79 Å². The van der Waals surface area contributed by atoms with E-state index in [-0.39, 0.29) is 24.5 Å². The number of aliphatic hydroxyl groups is 1. The summed E-state index contributed by atoms with van der Waals surface area (Å²) in [7, 11) is 0. The average Bonchev–Trinajstić information content (AvgIpc) is 3.14.